The molecule has 0 saturated carbocycles. The minimum absolute atomic E-state index is 0.915. The Morgan fingerprint density at radius 1 is 0.636 bits per heavy atom. The number of hydrogen-bond acceptors (Lipinski definition) is 1. The van der Waals surface area contributed by atoms with E-state index in [1.54, 1.807) is 0 Å². The van der Waals surface area contributed by atoms with Gasteiger partial charge in [0.05, 0.1) is 4.47 Å². The monoisotopic (exact) mass is 346 g/mol. The van der Waals surface area contributed by atoms with Crippen molar-refractivity contribution in [3.63, 3.8) is 0 Å². The van der Waals surface area contributed by atoms with E-state index in [9.17, 15) is 0 Å². The van der Waals surface area contributed by atoms with Crippen LogP contribution in [0.15, 0.2) is 71.2 Å². The van der Waals surface area contributed by atoms with E-state index in [0.29, 0.717) is 0 Å². The van der Waals surface area contributed by atoms with Crippen molar-refractivity contribution in [1.82, 2.24) is 0 Å². The molecule has 0 bridgehead atoms. The zero-order chi connectivity index (χ0) is 14.7. The minimum atomic E-state index is 0.915. The predicted octanol–water partition coefficient (Wildman–Crippen LogP) is 6.53. The summed E-state index contributed by atoms with van der Waals surface area (Å²) in [4.78, 5) is 0. The van der Waals surface area contributed by atoms with Gasteiger partial charge < -0.3 is 4.74 Å². The summed E-state index contributed by atoms with van der Waals surface area (Å²) in [6.07, 6.45) is 0. The van der Waals surface area contributed by atoms with Crippen LogP contribution in [0.4, 0.5) is 0 Å². The number of rotatable bonds is 0. The van der Waals surface area contributed by atoms with Gasteiger partial charge in [-0.25, -0.2) is 0 Å². The van der Waals surface area contributed by atoms with Crippen LogP contribution in [-0.2, 0) is 0 Å². The van der Waals surface area contributed by atoms with Crippen molar-refractivity contribution in [3.05, 3.63) is 71.2 Å². The standard InChI is InChI=1S/C20H11BrO/c21-19-16-8-2-1-6-12(16)14-9-5-10-15-13-7-3-4-11-17(13)22-20(19)18(14)15/h1-11H. The van der Waals surface area contributed by atoms with Gasteiger partial charge in [0.2, 0.25) is 0 Å². The van der Waals surface area contributed by atoms with Crippen LogP contribution in [0.2, 0.25) is 0 Å². The SMILES string of the molecule is Brc1c2c3c(cccc3c3ccccc13)-c1ccccc1O2. The molecule has 104 valence electrons. The zero-order valence-electron chi connectivity index (χ0n) is 11.6. The Balaban J connectivity index is 2.08. The van der Waals surface area contributed by atoms with Gasteiger partial charge in [-0.05, 0) is 38.3 Å². The molecule has 0 saturated heterocycles. The van der Waals surface area contributed by atoms with E-state index >= 15 is 0 Å². The maximum atomic E-state index is 6.24. The van der Waals surface area contributed by atoms with E-state index in [1.807, 2.05) is 12.1 Å². The van der Waals surface area contributed by atoms with Crippen molar-refractivity contribution in [2.45, 2.75) is 0 Å². The summed E-state index contributed by atoms with van der Waals surface area (Å²) in [5.74, 6) is 1.83. The maximum Gasteiger partial charge on any atom is 0.150 e. The highest BCUT2D eigenvalue weighted by molar-refractivity contribution is 9.10. The molecule has 0 unspecified atom stereocenters. The fraction of sp³-hybridized carbons (Fsp3) is 0. The molecule has 4 aromatic rings. The van der Waals surface area contributed by atoms with Crippen LogP contribution in [0.5, 0.6) is 11.5 Å². The fourth-order valence-corrected chi connectivity index (χ4v) is 4.00. The molecule has 2 heteroatoms. The number of fused-ring (bicyclic) bond motifs is 4. The Hall–Kier alpha value is -2.32. The third-order valence-corrected chi connectivity index (χ3v) is 5.12. The van der Waals surface area contributed by atoms with Crippen LogP contribution < -0.4 is 4.74 Å². The molecular formula is C20H11BrO. The summed E-state index contributed by atoms with van der Waals surface area (Å²) in [5.41, 5.74) is 2.39. The second-order valence-electron chi connectivity index (χ2n) is 5.52. The lowest BCUT2D eigenvalue weighted by atomic mass is 9.92. The summed E-state index contributed by atoms with van der Waals surface area (Å²) < 4.78 is 7.27. The normalized spacial score (nSPS) is 12.2. The highest BCUT2D eigenvalue weighted by Gasteiger charge is 2.23. The van der Waals surface area contributed by atoms with Crippen molar-refractivity contribution in [3.8, 4) is 22.6 Å². The topological polar surface area (TPSA) is 9.23 Å². The molecule has 1 aliphatic rings. The third kappa shape index (κ3) is 1.48. The van der Waals surface area contributed by atoms with Gasteiger partial charge in [-0.1, -0.05) is 60.7 Å². The van der Waals surface area contributed by atoms with Crippen LogP contribution in [0, 0.1) is 0 Å². The lowest BCUT2D eigenvalue weighted by Gasteiger charge is -2.23. The average Bonchev–Trinajstić information content (AvgIpc) is 2.59. The highest BCUT2D eigenvalue weighted by atomic mass is 79.9. The van der Waals surface area contributed by atoms with Crippen molar-refractivity contribution >= 4 is 37.5 Å². The first-order valence-electron chi connectivity index (χ1n) is 7.25. The van der Waals surface area contributed by atoms with Crippen LogP contribution in [0.25, 0.3) is 32.7 Å². The molecule has 4 aromatic carbocycles. The van der Waals surface area contributed by atoms with Crippen LogP contribution >= 0.6 is 15.9 Å². The summed E-state index contributed by atoms with van der Waals surface area (Å²) in [6, 6.07) is 23.1. The fourth-order valence-electron chi connectivity index (χ4n) is 3.37. The van der Waals surface area contributed by atoms with Gasteiger partial charge in [0.1, 0.15) is 5.75 Å². The predicted molar refractivity (Wildman–Crippen MR) is 94.7 cm³/mol. The first kappa shape index (κ1) is 12.2. The Labute approximate surface area is 136 Å². The third-order valence-electron chi connectivity index (χ3n) is 4.33. The molecule has 0 N–H and O–H groups in total. The molecule has 22 heavy (non-hydrogen) atoms. The molecule has 0 aromatic heterocycles. The smallest absolute Gasteiger partial charge is 0.150 e. The quantitative estimate of drug-likeness (QED) is 0.289. The van der Waals surface area contributed by atoms with Crippen LogP contribution in [0.1, 0.15) is 0 Å². The van der Waals surface area contributed by atoms with Gasteiger partial charge in [-0.3, -0.25) is 0 Å². The summed E-state index contributed by atoms with van der Waals surface area (Å²) >= 11 is 3.76. The van der Waals surface area contributed by atoms with Crippen molar-refractivity contribution < 1.29 is 4.74 Å². The van der Waals surface area contributed by atoms with E-state index in [2.05, 4.69) is 70.5 Å². The average molecular weight is 347 g/mol. The van der Waals surface area contributed by atoms with Gasteiger partial charge in [-0.15, -0.1) is 0 Å². The summed E-state index contributed by atoms with van der Waals surface area (Å²) in [7, 11) is 0. The molecule has 1 aliphatic heterocycles. The van der Waals surface area contributed by atoms with Gasteiger partial charge in [0.15, 0.2) is 5.75 Å². The molecular weight excluding hydrogens is 336 g/mol. The Kier molecular flexibility index (Phi) is 2.42. The molecule has 1 nitrogen and oxygen atoms in total. The first-order valence-corrected chi connectivity index (χ1v) is 8.04. The maximum absolute atomic E-state index is 6.24. The van der Waals surface area contributed by atoms with E-state index in [-0.39, 0.29) is 0 Å². The number of ether oxygens (including phenoxy) is 1. The van der Waals surface area contributed by atoms with Crippen molar-refractivity contribution in [2.24, 2.45) is 0 Å². The van der Waals surface area contributed by atoms with Gasteiger partial charge >= 0.3 is 0 Å². The molecule has 1 heterocycles. The molecule has 0 radical (unpaired) electrons. The molecule has 0 atom stereocenters. The number of para-hydroxylation sites is 1. The van der Waals surface area contributed by atoms with E-state index in [4.69, 9.17) is 4.74 Å². The van der Waals surface area contributed by atoms with Crippen LogP contribution in [-0.4, -0.2) is 0 Å². The van der Waals surface area contributed by atoms with Gasteiger partial charge in [-0.2, -0.15) is 0 Å². The first-order chi connectivity index (χ1) is 10.8. The van der Waals surface area contributed by atoms with Gasteiger partial charge in [0.25, 0.3) is 0 Å². The molecule has 0 spiro atoms. The molecule has 0 fully saturated rings. The second-order valence-corrected chi connectivity index (χ2v) is 6.31. The number of benzene rings is 4. The van der Waals surface area contributed by atoms with Gasteiger partial charge in [0, 0.05) is 16.3 Å². The number of hydrogen-bond donors (Lipinski definition) is 0. The Morgan fingerprint density at radius 2 is 1.32 bits per heavy atom. The highest BCUT2D eigenvalue weighted by Crippen LogP contribution is 2.51. The Morgan fingerprint density at radius 3 is 2.23 bits per heavy atom. The Bertz CT molecular complexity index is 1070. The lowest BCUT2D eigenvalue weighted by Crippen LogP contribution is -1.98. The molecule has 0 aliphatic carbocycles. The van der Waals surface area contributed by atoms with Crippen molar-refractivity contribution in [1.29, 1.82) is 0 Å². The minimum Gasteiger partial charge on any atom is -0.455 e. The largest absolute Gasteiger partial charge is 0.455 e. The second kappa shape index (κ2) is 4.34. The van der Waals surface area contributed by atoms with E-state index in [1.165, 1.54) is 27.1 Å². The molecule has 5 rings (SSSR count). The van der Waals surface area contributed by atoms with E-state index < -0.39 is 0 Å². The lowest BCUT2D eigenvalue weighted by molar-refractivity contribution is 0.485. The zero-order valence-corrected chi connectivity index (χ0v) is 13.2. The number of halogens is 1. The summed E-state index contributed by atoms with van der Waals surface area (Å²) in [6.45, 7) is 0. The van der Waals surface area contributed by atoms with E-state index in [0.717, 1.165) is 21.5 Å². The summed E-state index contributed by atoms with van der Waals surface area (Å²) in [5, 5.41) is 4.85. The van der Waals surface area contributed by atoms with Crippen molar-refractivity contribution in [2.75, 3.05) is 0 Å². The van der Waals surface area contributed by atoms with Crippen LogP contribution in [0.3, 0.4) is 0 Å². The molecule has 0 amide bonds.